The molecule has 1 heterocycles. The van der Waals surface area contributed by atoms with Crippen LogP contribution in [0, 0.1) is 16.7 Å². The maximum atomic E-state index is 15.6. The molecule has 0 radical (unpaired) electrons. The van der Waals surface area contributed by atoms with Crippen LogP contribution >= 0.6 is 69.6 Å². The summed E-state index contributed by atoms with van der Waals surface area (Å²) in [6.45, 7) is 4.91. The maximum Gasteiger partial charge on any atom is 0.509 e. The third kappa shape index (κ3) is 8.22. The zero-order valence-corrected chi connectivity index (χ0v) is 34.5. The van der Waals surface area contributed by atoms with Crippen molar-refractivity contribution in [1.29, 1.82) is 0 Å². The standard InChI is InChI=1S/C35H38Cl6O14/c1-16-19(43)12-33(48)26(54-27(45)18-9-7-6-8-10-18)24-31(5,25(44)23(22(16)30(33,3)4)53-29(47)51-15-35(39,40)41)20(52-28(46)50-14-34(36,37)38)11-21-32(24,13-49-21)55-17(2)42/h6-10,19-21,23-24,26,43,48H,11-15H2,1-5H3/t19?,20-,21+,23+,24-,26-,31+,32-,33+/m0/s1. The first-order valence-electron chi connectivity index (χ1n) is 16.8. The summed E-state index contributed by atoms with van der Waals surface area (Å²) in [7, 11) is 0. The summed E-state index contributed by atoms with van der Waals surface area (Å²) >= 11 is 34.7. The maximum absolute atomic E-state index is 15.6. The number of ether oxygens (including phenoxy) is 7. The van der Waals surface area contributed by atoms with Gasteiger partial charge in [0.25, 0.3) is 0 Å². The fourth-order valence-corrected chi connectivity index (χ4v) is 8.78. The summed E-state index contributed by atoms with van der Waals surface area (Å²) in [5, 5.41) is 24.8. The number of rotatable bonds is 7. The van der Waals surface area contributed by atoms with E-state index in [0.29, 0.717) is 0 Å². The lowest BCUT2D eigenvalue weighted by molar-refractivity contribution is -0.346. The fraction of sp³-hybridized carbons (Fsp3) is 0.629. The summed E-state index contributed by atoms with van der Waals surface area (Å²) in [5.41, 5.74) is -8.11. The molecule has 0 aromatic heterocycles. The number of Topliss-reactive ketones (excluding diaryl/α,β-unsaturated/α-hetero) is 1. The second-order valence-corrected chi connectivity index (χ2v) is 19.7. The van der Waals surface area contributed by atoms with Crippen molar-refractivity contribution >= 4 is 99.6 Å². The fourth-order valence-electron chi connectivity index (χ4n) is 8.45. The van der Waals surface area contributed by atoms with Gasteiger partial charge in [0, 0.05) is 25.2 Å². The quantitative estimate of drug-likeness (QED) is 0.137. The van der Waals surface area contributed by atoms with Gasteiger partial charge in [0.15, 0.2) is 17.5 Å². The molecule has 1 unspecified atom stereocenters. The van der Waals surface area contributed by atoms with Gasteiger partial charge >= 0.3 is 24.2 Å². The summed E-state index contributed by atoms with van der Waals surface area (Å²) < 4.78 is 35.6. The summed E-state index contributed by atoms with van der Waals surface area (Å²) in [4.78, 5) is 69.2. The number of carbonyl (C=O) groups excluding carboxylic acids is 5. The van der Waals surface area contributed by atoms with Gasteiger partial charge in [-0.15, -0.1) is 0 Å². The molecule has 9 atom stereocenters. The van der Waals surface area contributed by atoms with Gasteiger partial charge in [-0.3, -0.25) is 9.59 Å². The van der Waals surface area contributed by atoms with Gasteiger partial charge < -0.3 is 43.4 Å². The minimum Gasteiger partial charge on any atom is -0.455 e. The molecular weight excluding hydrogens is 857 g/mol. The van der Waals surface area contributed by atoms with E-state index in [1.54, 1.807) is 18.2 Å². The van der Waals surface area contributed by atoms with Crippen molar-refractivity contribution in [3.8, 4) is 0 Å². The first-order valence-corrected chi connectivity index (χ1v) is 19.1. The minimum absolute atomic E-state index is 0.0436. The second-order valence-electron chi connectivity index (χ2n) is 14.7. The number of esters is 2. The van der Waals surface area contributed by atoms with Crippen molar-refractivity contribution in [1.82, 2.24) is 0 Å². The van der Waals surface area contributed by atoms with Crippen LogP contribution in [0.4, 0.5) is 9.59 Å². The Hall–Kier alpha value is -2.27. The zero-order valence-electron chi connectivity index (χ0n) is 29.9. The summed E-state index contributed by atoms with van der Waals surface area (Å²) in [6, 6.07) is 7.71. The highest BCUT2D eigenvalue weighted by atomic mass is 35.6. The molecule has 1 saturated heterocycles. The van der Waals surface area contributed by atoms with Crippen LogP contribution in [0.1, 0.15) is 57.8 Å². The van der Waals surface area contributed by atoms with Crippen LogP contribution in [0.3, 0.4) is 0 Å². The van der Waals surface area contributed by atoms with Gasteiger partial charge in [-0.05, 0) is 37.1 Å². The Bertz CT molecular complexity index is 1740. The molecule has 1 aromatic carbocycles. The van der Waals surface area contributed by atoms with Crippen molar-refractivity contribution in [2.75, 3.05) is 19.8 Å². The Morgan fingerprint density at radius 2 is 1.47 bits per heavy atom. The lowest BCUT2D eigenvalue weighted by Gasteiger charge is -2.67. The third-order valence-electron chi connectivity index (χ3n) is 11.1. The summed E-state index contributed by atoms with van der Waals surface area (Å²) in [6.07, 6.45) is -11.9. The third-order valence-corrected chi connectivity index (χ3v) is 11.7. The summed E-state index contributed by atoms with van der Waals surface area (Å²) in [5.74, 6) is -4.48. The predicted octanol–water partition coefficient (Wildman–Crippen LogP) is 6.14. The van der Waals surface area contributed by atoms with E-state index in [1.165, 1.54) is 39.8 Å². The van der Waals surface area contributed by atoms with Crippen LogP contribution in [-0.4, -0.2) is 109 Å². The van der Waals surface area contributed by atoms with E-state index in [-0.39, 0.29) is 29.7 Å². The van der Waals surface area contributed by atoms with Gasteiger partial charge in [0.05, 0.1) is 29.6 Å². The number of hydrogen-bond donors (Lipinski definition) is 2. The van der Waals surface area contributed by atoms with E-state index in [4.69, 9.17) is 103 Å². The first-order chi connectivity index (χ1) is 25.3. The smallest absolute Gasteiger partial charge is 0.455 e. The van der Waals surface area contributed by atoms with Gasteiger partial charge in [0.2, 0.25) is 7.59 Å². The van der Waals surface area contributed by atoms with Crippen molar-refractivity contribution in [2.45, 2.75) is 96.8 Å². The van der Waals surface area contributed by atoms with Crippen LogP contribution in [0.15, 0.2) is 41.5 Å². The lowest BCUT2D eigenvalue weighted by Crippen LogP contribution is -2.82. The number of aliphatic hydroxyl groups is 2. The van der Waals surface area contributed by atoms with Crippen LogP contribution in [0.5, 0.6) is 0 Å². The lowest BCUT2D eigenvalue weighted by atomic mass is 9.44. The van der Waals surface area contributed by atoms with Crippen molar-refractivity contribution in [3.63, 3.8) is 0 Å². The van der Waals surface area contributed by atoms with E-state index in [9.17, 15) is 29.4 Å². The highest BCUT2D eigenvalue weighted by Gasteiger charge is 2.79. The first kappa shape index (κ1) is 43.8. The molecule has 3 aliphatic carbocycles. The van der Waals surface area contributed by atoms with Crippen LogP contribution in [0.2, 0.25) is 0 Å². The molecule has 20 heteroatoms. The molecule has 1 aliphatic heterocycles. The minimum atomic E-state index is -2.37. The molecule has 3 fully saturated rings. The molecule has 1 aromatic rings. The van der Waals surface area contributed by atoms with Crippen LogP contribution < -0.4 is 0 Å². The molecule has 14 nitrogen and oxygen atoms in total. The van der Waals surface area contributed by atoms with Gasteiger partial charge in [-0.2, -0.15) is 0 Å². The van der Waals surface area contributed by atoms with Crippen molar-refractivity contribution < 1.29 is 67.3 Å². The molecule has 55 heavy (non-hydrogen) atoms. The van der Waals surface area contributed by atoms with Crippen LogP contribution in [0.25, 0.3) is 0 Å². The molecule has 4 aliphatic rings. The number of ketones is 1. The Balaban J connectivity index is 1.80. The number of alkyl halides is 6. The van der Waals surface area contributed by atoms with Crippen molar-refractivity contribution in [2.24, 2.45) is 16.7 Å². The highest BCUT2D eigenvalue weighted by molar-refractivity contribution is 6.68. The molecule has 5 rings (SSSR count). The average molecular weight is 895 g/mol. The number of carbonyl (C=O) groups is 5. The number of aliphatic hydroxyl groups excluding tert-OH is 1. The Kier molecular flexibility index (Phi) is 12.3. The molecule has 304 valence electrons. The molecule has 0 spiro atoms. The van der Waals surface area contributed by atoms with E-state index >= 15 is 4.79 Å². The number of fused-ring (bicyclic) bond motifs is 5. The molecular formula is C35H38Cl6O14. The highest BCUT2D eigenvalue weighted by Crippen LogP contribution is 2.64. The van der Waals surface area contributed by atoms with E-state index in [1.807, 2.05) is 0 Å². The van der Waals surface area contributed by atoms with E-state index < -0.39 is 116 Å². The Labute approximate surface area is 345 Å². The second kappa shape index (κ2) is 15.5. The predicted molar refractivity (Wildman–Crippen MR) is 196 cm³/mol. The Morgan fingerprint density at radius 3 is 1.98 bits per heavy atom. The van der Waals surface area contributed by atoms with E-state index in [2.05, 4.69) is 0 Å². The van der Waals surface area contributed by atoms with E-state index in [0.717, 1.165) is 6.92 Å². The SMILES string of the molecule is CC(=O)O[C@@]12CO[C@@H]1C[C@H](OC(=O)OCC(Cl)(Cl)Cl)[C@@]1(C)C(=O)[C@H](OC(=O)OCC(Cl)(Cl)Cl)C3=C(C)C(O)C[C@@](O)([C@@H](OC(=O)c4ccccc4)[C@H]21)C3(C)C. The normalized spacial score (nSPS) is 34.0. The molecule has 2 saturated carbocycles. The Morgan fingerprint density at radius 1 is 0.909 bits per heavy atom. The number of benzene rings is 1. The van der Waals surface area contributed by atoms with Crippen molar-refractivity contribution in [3.05, 3.63) is 47.0 Å². The number of halogens is 6. The molecule has 2 N–H and O–H groups in total. The van der Waals surface area contributed by atoms with Crippen LogP contribution in [-0.2, 0) is 42.7 Å². The van der Waals surface area contributed by atoms with Gasteiger partial charge in [-0.1, -0.05) is 102 Å². The average Bonchev–Trinajstić information content (AvgIpc) is 3.07. The molecule has 0 amide bonds. The topological polar surface area (TPSA) is 190 Å². The zero-order chi connectivity index (χ0) is 41.1. The molecule has 2 bridgehead atoms. The van der Waals surface area contributed by atoms with Gasteiger partial charge in [0.1, 0.15) is 37.1 Å². The van der Waals surface area contributed by atoms with Gasteiger partial charge in [-0.25, -0.2) is 14.4 Å². The largest absolute Gasteiger partial charge is 0.509 e. The monoisotopic (exact) mass is 892 g/mol. The number of hydrogen-bond acceptors (Lipinski definition) is 14.